The lowest BCUT2D eigenvalue weighted by Gasteiger charge is -2.19. The molecule has 8 heteroatoms. The summed E-state index contributed by atoms with van der Waals surface area (Å²) < 4.78 is 40.0. The van der Waals surface area contributed by atoms with Crippen molar-refractivity contribution < 1.29 is 23.1 Å². The monoisotopic (exact) mass is 410 g/mol. The molecule has 2 aromatic rings. The molecule has 1 fully saturated rings. The van der Waals surface area contributed by atoms with Crippen molar-refractivity contribution in [3.63, 3.8) is 0 Å². The van der Waals surface area contributed by atoms with E-state index in [1.165, 1.54) is 10.7 Å². The van der Waals surface area contributed by atoms with Gasteiger partial charge in [0, 0.05) is 12.3 Å². The average Bonchev–Trinajstić information content (AvgIpc) is 3.47. The second kappa shape index (κ2) is 9.54. The number of hydrogen-bond donors (Lipinski definition) is 1. The molecule has 1 N–H and O–H groups in total. The van der Waals surface area contributed by atoms with Crippen LogP contribution in [0.2, 0.25) is 0 Å². The zero-order valence-corrected chi connectivity index (χ0v) is 16.7. The summed E-state index contributed by atoms with van der Waals surface area (Å²) in [4.78, 5) is 23.2. The number of carbonyl (C=O) groups excluding carboxylic acids is 1. The first-order valence-electron chi connectivity index (χ1n) is 9.12. The minimum absolute atomic E-state index is 0.169. The van der Waals surface area contributed by atoms with Crippen molar-refractivity contribution in [3.8, 4) is 5.75 Å². The van der Waals surface area contributed by atoms with Crippen molar-refractivity contribution in [3.05, 3.63) is 70.7 Å². The zero-order chi connectivity index (χ0) is 22.4. The van der Waals surface area contributed by atoms with Crippen LogP contribution in [0.1, 0.15) is 55.2 Å². The topological polar surface area (TPSA) is 72.2 Å². The largest absolute Gasteiger partial charge is 0.503 e. The van der Waals surface area contributed by atoms with E-state index in [0.29, 0.717) is 18.4 Å². The molecule has 158 valence electrons. The summed E-state index contributed by atoms with van der Waals surface area (Å²) >= 11 is 0. The van der Waals surface area contributed by atoms with Crippen molar-refractivity contribution in [1.82, 2.24) is 9.78 Å². The Bertz CT molecular complexity index is 916. The van der Waals surface area contributed by atoms with Crippen LogP contribution in [0.15, 0.2) is 48.4 Å². The summed E-state index contributed by atoms with van der Waals surface area (Å²) in [6.07, 6.45) is -2.03. The van der Waals surface area contributed by atoms with Crippen molar-refractivity contribution in [2.24, 2.45) is 0 Å². The second-order valence-electron chi connectivity index (χ2n) is 6.30. The number of aromatic nitrogens is 2. The number of benzene rings is 1. The molecule has 0 unspecified atom stereocenters. The van der Waals surface area contributed by atoms with Gasteiger partial charge in [0.25, 0.3) is 5.43 Å². The van der Waals surface area contributed by atoms with Gasteiger partial charge in [0.2, 0.25) is 0 Å². The van der Waals surface area contributed by atoms with Gasteiger partial charge in [-0.15, -0.1) is 13.2 Å². The standard InChI is InChI=1S/C17H15F3N2O3.C2H6.C2H4/c1-10(23)14-15(25)13(24)8-22(21-14)9-16(5-6-16)11-3-2-4-12(7-11)17(18,19)20;2*1-2/h2-4,7-8,24H,5-6,9H2,1H3;1-2H3;1-2H2. The Balaban J connectivity index is 0.000000989. The molecule has 3 rings (SSSR count). The molecule has 0 atom stereocenters. The molecule has 0 aliphatic heterocycles. The number of rotatable bonds is 4. The Hall–Kier alpha value is -2.90. The van der Waals surface area contributed by atoms with Gasteiger partial charge in [-0.1, -0.05) is 32.0 Å². The van der Waals surface area contributed by atoms with E-state index in [0.717, 1.165) is 25.3 Å². The van der Waals surface area contributed by atoms with Crippen molar-refractivity contribution in [2.45, 2.75) is 51.7 Å². The predicted molar refractivity (Wildman–Crippen MR) is 105 cm³/mol. The summed E-state index contributed by atoms with van der Waals surface area (Å²) in [6.45, 7) is 11.3. The fourth-order valence-corrected chi connectivity index (χ4v) is 2.86. The normalized spacial score (nSPS) is 14.0. The molecule has 1 aromatic heterocycles. The van der Waals surface area contributed by atoms with E-state index in [1.54, 1.807) is 6.07 Å². The first-order valence-corrected chi connectivity index (χ1v) is 9.12. The first kappa shape index (κ1) is 24.1. The van der Waals surface area contributed by atoms with E-state index in [9.17, 15) is 27.9 Å². The van der Waals surface area contributed by atoms with Gasteiger partial charge in [0.1, 0.15) is 0 Å². The van der Waals surface area contributed by atoms with Gasteiger partial charge in [-0.05, 0) is 24.5 Å². The minimum atomic E-state index is -4.43. The molecule has 1 aromatic carbocycles. The molecule has 0 spiro atoms. The lowest BCUT2D eigenvalue weighted by Crippen LogP contribution is -2.25. The van der Waals surface area contributed by atoms with Crippen LogP contribution >= 0.6 is 0 Å². The predicted octanol–water partition coefficient (Wildman–Crippen LogP) is 4.73. The summed E-state index contributed by atoms with van der Waals surface area (Å²) in [5.74, 6) is -1.20. The number of Topliss-reactive ketones (excluding diaryl/α,β-unsaturated/α-hetero) is 1. The maximum Gasteiger partial charge on any atom is 0.416 e. The van der Waals surface area contributed by atoms with E-state index in [2.05, 4.69) is 18.3 Å². The van der Waals surface area contributed by atoms with Crippen molar-refractivity contribution in [1.29, 1.82) is 0 Å². The molecule has 0 radical (unpaired) electrons. The molecular formula is C21H25F3N2O3. The molecule has 1 aliphatic carbocycles. The molecule has 1 heterocycles. The maximum absolute atomic E-state index is 12.9. The number of carbonyl (C=O) groups is 1. The van der Waals surface area contributed by atoms with Gasteiger partial charge >= 0.3 is 6.18 Å². The quantitative estimate of drug-likeness (QED) is 0.584. The van der Waals surface area contributed by atoms with E-state index < -0.39 is 34.1 Å². The van der Waals surface area contributed by atoms with E-state index in [4.69, 9.17) is 0 Å². The Morgan fingerprint density at radius 1 is 1.28 bits per heavy atom. The molecule has 1 aliphatic rings. The molecule has 0 amide bonds. The number of halogens is 3. The smallest absolute Gasteiger partial charge is 0.416 e. The molecular weight excluding hydrogens is 385 g/mol. The van der Waals surface area contributed by atoms with Crippen molar-refractivity contribution >= 4 is 5.78 Å². The van der Waals surface area contributed by atoms with E-state index >= 15 is 0 Å². The summed E-state index contributed by atoms with van der Waals surface area (Å²) in [6, 6.07) is 5.10. The lowest BCUT2D eigenvalue weighted by molar-refractivity contribution is -0.137. The lowest BCUT2D eigenvalue weighted by atomic mass is 9.94. The van der Waals surface area contributed by atoms with Crippen LogP contribution in [0.5, 0.6) is 5.75 Å². The fraction of sp³-hybridized carbons (Fsp3) is 0.381. The number of alkyl halides is 3. The van der Waals surface area contributed by atoms with Gasteiger partial charge in [0.05, 0.1) is 18.3 Å². The van der Waals surface area contributed by atoms with Crippen LogP contribution in [0.3, 0.4) is 0 Å². The molecule has 5 nitrogen and oxygen atoms in total. The van der Waals surface area contributed by atoms with Gasteiger partial charge in [-0.3, -0.25) is 14.3 Å². The highest BCUT2D eigenvalue weighted by atomic mass is 19.4. The first-order chi connectivity index (χ1) is 13.6. The third-order valence-electron chi connectivity index (χ3n) is 4.40. The van der Waals surface area contributed by atoms with Crippen LogP contribution in [0, 0.1) is 0 Å². The number of aromatic hydroxyl groups is 1. The summed E-state index contributed by atoms with van der Waals surface area (Å²) in [7, 11) is 0. The third kappa shape index (κ3) is 5.56. The van der Waals surface area contributed by atoms with Gasteiger partial charge in [-0.25, -0.2) is 0 Å². The van der Waals surface area contributed by atoms with Gasteiger partial charge in [0.15, 0.2) is 17.2 Å². The Morgan fingerprint density at radius 2 is 1.86 bits per heavy atom. The minimum Gasteiger partial charge on any atom is -0.503 e. The molecule has 0 saturated heterocycles. The Kier molecular flexibility index (Phi) is 7.94. The second-order valence-corrected chi connectivity index (χ2v) is 6.30. The highest BCUT2D eigenvalue weighted by molar-refractivity contribution is 5.92. The zero-order valence-electron chi connectivity index (χ0n) is 16.7. The van der Waals surface area contributed by atoms with Gasteiger partial charge < -0.3 is 5.11 Å². The summed E-state index contributed by atoms with van der Waals surface area (Å²) in [5.41, 5.74) is -2.00. The fourth-order valence-electron chi connectivity index (χ4n) is 2.86. The van der Waals surface area contributed by atoms with Crippen molar-refractivity contribution in [2.75, 3.05) is 0 Å². The Morgan fingerprint density at radius 3 is 2.34 bits per heavy atom. The number of nitrogens with zero attached hydrogens (tertiary/aromatic N) is 2. The highest BCUT2D eigenvalue weighted by Crippen LogP contribution is 2.50. The maximum atomic E-state index is 12.9. The van der Waals surface area contributed by atoms with Crippen LogP contribution in [0.4, 0.5) is 13.2 Å². The SMILES string of the molecule is C=C.CC.CC(=O)c1nn(CC2(c3cccc(C(F)(F)F)c3)CC2)cc(O)c1=O. The molecule has 1 saturated carbocycles. The van der Waals surface area contributed by atoms with Crippen LogP contribution < -0.4 is 5.43 Å². The van der Waals surface area contributed by atoms with Crippen LogP contribution in [0.25, 0.3) is 0 Å². The highest BCUT2D eigenvalue weighted by Gasteiger charge is 2.46. The van der Waals surface area contributed by atoms with Crippen LogP contribution in [-0.2, 0) is 18.1 Å². The Labute approximate surface area is 167 Å². The average molecular weight is 410 g/mol. The van der Waals surface area contributed by atoms with Crippen LogP contribution in [-0.4, -0.2) is 20.7 Å². The number of hydrogen-bond acceptors (Lipinski definition) is 4. The van der Waals surface area contributed by atoms with E-state index in [-0.39, 0.29) is 12.2 Å². The number of ketones is 1. The molecule has 29 heavy (non-hydrogen) atoms. The summed E-state index contributed by atoms with van der Waals surface area (Å²) in [5, 5.41) is 13.6. The third-order valence-corrected chi connectivity index (χ3v) is 4.40. The van der Waals surface area contributed by atoms with E-state index in [1.807, 2.05) is 13.8 Å². The molecule has 0 bridgehead atoms. The van der Waals surface area contributed by atoms with Gasteiger partial charge in [-0.2, -0.15) is 18.3 Å².